The highest BCUT2D eigenvalue weighted by atomic mass is 35.5. The standard InChI is InChI=1S/C22H25Cl2N3O2/c1-26-11-13-27(14-12-26)22(29)18-7-5-16(6-8-18)15-25-20(28)10-9-17-3-2-4-19(23)21(17)24/h2-8H,9-15H2,1H3,(H,25,28). The number of hydrogen-bond donors (Lipinski definition) is 1. The Bertz CT molecular complexity index is 863. The molecule has 0 spiro atoms. The van der Waals surface area contributed by atoms with E-state index in [0.29, 0.717) is 35.0 Å². The van der Waals surface area contributed by atoms with E-state index >= 15 is 0 Å². The summed E-state index contributed by atoms with van der Waals surface area (Å²) in [5.41, 5.74) is 2.50. The first-order chi connectivity index (χ1) is 13.9. The van der Waals surface area contributed by atoms with Crippen molar-refractivity contribution < 1.29 is 9.59 Å². The van der Waals surface area contributed by atoms with Gasteiger partial charge in [0.2, 0.25) is 5.91 Å². The Hall–Kier alpha value is -2.08. The smallest absolute Gasteiger partial charge is 0.253 e. The van der Waals surface area contributed by atoms with Crippen molar-refractivity contribution in [2.24, 2.45) is 0 Å². The van der Waals surface area contributed by atoms with Crippen LogP contribution >= 0.6 is 23.2 Å². The van der Waals surface area contributed by atoms with Crippen molar-refractivity contribution in [3.8, 4) is 0 Å². The second-order valence-corrected chi connectivity index (χ2v) is 8.07. The Labute approximate surface area is 181 Å². The summed E-state index contributed by atoms with van der Waals surface area (Å²) in [5, 5.41) is 3.90. The van der Waals surface area contributed by atoms with Crippen LogP contribution in [0.25, 0.3) is 0 Å². The van der Waals surface area contributed by atoms with Crippen molar-refractivity contribution in [3.05, 3.63) is 69.2 Å². The van der Waals surface area contributed by atoms with Crippen LogP contribution < -0.4 is 5.32 Å². The van der Waals surface area contributed by atoms with Crippen LogP contribution in [-0.2, 0) is 17.8 Å². The third kappa shape index (κ3) is 5.95. The number of aryl methyl sites for hydroxylation is 1. The van der Waals surface area contributed by atoms with Crippen LogP contribution in [0.5, 0.6) is 0 Å². The number of carbonyl (C=O) groups is 2. The predicted molar refractivity (Wildman–Crippen MR) is 116 cm³/mol. The SMILES string of the molecule is CN1CCN(C(=O)c2ccc(CNC(=O)CCc3cccc(Cl)c3Cl)cc2)CC1. The lowest BCUT2D eigenvalue weighted by atomic mass is 10.1. The molecule has 2 aromatic rings. The number of likely N-dealkylation sites (N-methyl/N-ethyl adjacent to an activating group) is 1. The maximum Gasteiger partial charge on any atom is 0.253 e. The van der Waals surface area contributed by atoms with Gasteiger partial charge in [-0.05, 0) is 42.8 Å². The molecular weight excluding hydrogens is 409 g/mol. The summed E-state index contributed by atoms with van der Waals surface area (Å²) in [7, 11) is 2.06. The number of benzene rings is 2. The lowest BCUT2D eigenvalue weighted by molar-refractivity contribution is -0.121. The molecule has 5 nitrogen and oxygen atoms in total. The molecule has 0 saturated carbocycles. The summed E-state index contributed by atoms with van der Waals surface area (Å²) in [6.45, 7) is 3.73. The van der Waals surface area contributed by atoms with Gasteiger partial charge >= 0.3 is 0 Å². The molecule has 1 aliphatic heterocycles. The topological polar surface area (TPSA) is 52.6 Å². The molecule has 154 valence electrons. The number of hydrogen-bond acceptors (Lipinski definition) is 3. The summed E-state index contributed by atoms with van der Waals surface area (Å²) >= 11 is 12.2. The molecule has 0 unspecified atom stereocenters. The monoisotopic (exact) mass is 433 g/mol. The van der Waals surface area contributed by atoms with Gasteiger partial charge in [-0.3, -0.25) is 9.59 Å². The predicted octanol–water partition coefficient (Wildman–Crippen LogP) is 3.63. The average Bonchev–Trinajstić information content (AvgIpc) is 2.74. The minimum Gasteiger partial charge on any atom is -0.352 e. The molecule has 0 radical (unpaired) electrons. The van der Waals surface area contributed by atoms with Crippen molar-refractivity contribution in [1.82, 2.24) is 15.1 Å². The van der Waals surface area contributed by atoms with Gasteiger partial charge < -0.3 is 15.1 Å². The lowest BCUT2D eigenvalue weighted by Crippen LogP contribution is -2.47. The number of nitrogens with one attached hydrogen (secondary N) is 1. The average molecular weight is 434 g/mol. The second-order valence-electron chi connectivity index (χ2n) is 7.28. The number of carbonyl (C=O) groups excluding carboxylic acids is 2. The second kappa shape index (κ2) is 10.1. The number of rotatable bonds is 6. The highest BCUT2D eigenvalue weighted by molar-refractivity contribution is 6.42. The number of halogens is 2. The van der Waals surface area contributed by atoms with Crippen LogP contribution in [0, 0.1) is 0 Å². The Morgan fingerprint density at radius 2 is 1.69 bits per heavy atom. The molecule has 1 saturated heterocycles. The fraction of sp³-hybridized carbons (Fsp3) is 0.364. The zero-order chi connectivity index (χ0) is 20.8. The number of nitrogens with zero attached hydrogens (tertiary/aromatic N) is 2. The Morgan fingerprint density at radius 1 is 1.00 bits per heavy atom. The van der Waals surface area contributed by atoms with E-state index in [2.05, 4.69) is 17.3 Å². The van der Waals surface area contributed by atoms with Crippen LogP contribution in [0.2, 0.25) is 10.0 Å². The van der Waals surface area contributed by atoms with E-state index in [4.69, 9.17) is 23.2 Å². The van der Waals surface area contributed by atoms with Gasteiger partial charge in [0.25, 0.3) is 5.91 Å². The van der Waals surface area contributed by atoms with Gasteiger partial charge in [-0.15, -0.1) is 0 Å². The van der Waals surface area contributed by atoms with Crippen molar-refractivity contribution in [1.29, 1.82) is 0 Å². The van der Waals surface area contributed by atoms with Crippen LogP contribution in [0.1, 0.15) is 27.9 Å². The van der Waals surface area contributed by atoms with Gasteiger partial charge in [0, 0.05) is 44.7 Å². The first-order valence-electron chi connectivity index (χ1n) is 9.70. The van der Waals surface area contributed by atoms with E-state index in [-0.39, 0.29) is 11.8 Å². The Balaban J connectivity index is 1.46. The van der Waals surface area contributed by atoms with Gasteiger partial charge in [-0.2, -0.15) is 0 Å². The van der Waals surface area contributed by atoms with E-state index in [0.717, 1.165) is 37.3 Å². The minimum absolute atomic E-state index is 0.0568. The normalized spacial score (nSPS) is 14.7. The molecule has 3 rings (SSSR count). The molecule has 0 aromatic heterocycles. The summed E-state index contributed by atoms with van der Waals surface area (Å²) in [5.74, 6) is 0.00529. The summed E-state index contributed by atoms with van der Waals surface area (Å²) in [6.07, 6.45) is 0.865. The first kappa shape index (κ1) is 21.6. The molecule has 1 heterocycles. The number of piperazine rings is 1. The third-order valence-corrected chi connectivity index (χ3v) is 5.99. The zero-order valence-electron chi connectivity index (χ0n) is 16.5. The van der Waals surface area contributed by atoms with E-state index in [1.807, 2.05) is 41.3 Å². The van der Waals surface area contributed by atoms with E-state index in [9.17, 15) is 9.59 Å². The maximum atomic E-state index is 12.6. The summed E-state index contributed by atoms with van der Waals surface area (Å²) in [4.78, 5) is 28.8. The van der Waals surface area contributed by atoms with E-state index in [1.54, 1.807) is 6.07 Å². The van der Waals surface area contributed by atoms with Crippen LogP contribution in [0.4, 0.5) is 0 Å². The highest BCUT2D eigenvalue weighted by Gasteiger charge is 2.20. The zero-order valence-corrected chi connectivity index (χ0v) is 18.0. The fourth-order valence-electron chi connectivity index (χ4n) is 3.24. The Morgan fingerprint density at radius 3 is 2.38 bits per heavy atom. The molecule has 29 heavy (non-hydrogen) atoms. The maximum absolute atomic E-state index is 12.6. The van der Waals surface area contributed by atoms with E-state index in [1.165, 1.54) is 0 Å². The molecule has 1 fully saturated rings. The van der Waals surface area contributed by atoms with Gasteiger partial charge in [0.1, 0.15) is 0 Å². The fourth-order valence-corrected chi connectivity index (χ4v) is 3.65. The largest absolute Gasteiger partial charge is 0.352 e. The lowest BCUT2D eigenvalue weighted by Gasteiger charge is -2.32. The van der Waals surface area contributed by atoms with Crippen molar-refractivity contribution >= 4 is 35.0 Å². The number of amides is 2. The summed E-state index contributed by atoms with van der Waals surface area (Å²) < 4.78 is 0. The highest BCUT2D eigenvalue weighted by Crippen LogP contribution is 2.26. The third-order valence-electron chi connectivity index (χ3n) is 5.13. The Kier molecular flexibility index (Phi) is 7.53. The first-order valence-corrected chi connectivity index (χ1v) is 10.5. The van der Waals surface area contributed by atoms with Gasteiger partial charge in [0.15, 0.2) is 0 Å². The molecular formula is C22H25Cl2N3O2. The summed E-state index contributed by atoms with van der Waals surface area (Å²) in [6, 6.07) is 12.9. The molecule has 7 heteroatoms. The molecule has 0 atom stereocenters. The molecule has 0 bridgehead atoms. The molecule has 2 amide bonds. The van der Waals surface area contributed by atoms with Crippen molar-refractivity contribution in [3.63, 3.8) is 0 Å². The van der Waals surface area contributed by atoms with Crippen molar-refractivity contribution in [2.45, 2.75) is 19.4 Å². The van der Waals surface area contributed by atoms with E-state index < -0.39 is 0 Å². The van der Waals surface area contributed by atoms with Crippen LogP contribution in [-0.4, -0.2) is 54.8 Å². The molecule has 1 aliphatic rings. The molecule has 1 N–H and O–H groups in total. The van der Waals surface area contributed by atoms with Gasteiger partial charge in [-0.25, -0.2) is 0 Å². The molecule has 0 aliphatic carbocycles. The quantitative estimate of drug-likeness (QED) is 0.756. The molecule has 2 aromatic carbocycles. The van der Waals surface area contributed by atoms with Gasteiger partial charge in [-0.1, -0.05) is 47.5 Å². The van der Waals surface area contributed by atoms with Crippen LogP contribution in [0.3, 0.4) is 0 Å². The van der Waals surface area contributed by atoms with Gasteiger partial charge in [0.05, 0.1) is 10.0 Å². The minimum atomic E-state index is -0.0568. The van der Waals surface area contributed by atoms with Crippen LogP contribution in [0.15, 0.2) is 42.5 Å². The van der Waals surface area contributed by atoms with Crippen molar-refractivity contribution in [2.75, 3.05) is 33.2 Å².